The fraction of sp³-hybridized carbons (Fsp3) is 0.400. The molecule has 1 aliphatic heterocycles. The molecule has 6 heteroatoms. The van der Waals surface area contributed by atoms with E-state index in [1.165, 1.54) is 24.3 Å². The summed E-state index contributed by atoms with van der Waals surface area (Å²) in [7, 11) is 0. The lowest BCUT2D eigenvalue weighted by Crippen LogP contribution is -2.19. The first kappa shape index (κ1) is 14.1. The number of anilines is 1. The molecule has 0 radical (unpaired) electrons. The highest BCUT2D eigenvalue weighted by Crippen LogP contribution is 2.33. The van der Waals surface area contributed by atoms with E-state index in [0.29, 0.717) is 22.5 Å². The number of fused-ring (bicyclic) bond motifs is 1. The molecule has 0 spiro atoms. The molecule has 0 amide bonds. The second kappa shape index (κ2) is 6.30. The molecular formula is C15H17N3O2S. The standard InChI is InChI=1S/C15H17N3O2S/c19-18(20)15-12-2-1-7-16-13(12)3-4-14(15)17-10-11-5-8-21-9-6-11/h1-4,7,11,17H,5-6,8-10H2. The van der Waals surface area contributed by atoms with E-state index in [1.54, 1.807) is 24.4 Å². The molecule has 0 atom stereocenters. The third-order valence-electron chi connectivity index (χ3n) is 3.86. The monoisotopic (exact) mass is 303 g/mol. The molecular weight excluding hydrogens is 286 g/mol. The van der Waals surface area contributed by atoms with Crippen molar-refractivity contribution in [2.24, 2.45) is 5.92 Å². The molecule has 2 aromatic rings. The number of hydrogen-bond donors (Lipinski definition) is 1. The molecule has 1 aromatic carbocycles. The van der Waals surface area contributed by atoms with Gasteiger partial charge >= 0.3 is 5.69 Å². The van der Waals surface area contributed by atoms with Crippen LogP contribution in [-0.2, 0) is 0 Å². The third-order valence-corrected chi connectivity index (χ3v) is 4.91. The summed E-state index contributed by atoms with van der Waals surface area (Å²) in [5.41, 5.74) is 1.38. The Balaban J connectivity index is 1.87. The normalized spacial score (nSPS) is 16.0. The highest BCUT2D eigenvalue weighted by atomic mass is 32.2. The zero-order valence-electron chi connectivity index (χ0n) is 11.6. The van der Waals surface area contributed by atoms with Crippen LogP contribution in [-0.4, -0.2) is 28.0 Å². The van der Waals surface area contributed by atoms with Gasteiger partial charge in [0.1, 0.15) is 5.69 Å². The summed E-state index contributed by atoms with van der Waals surface area (Å²) in [6, 6.07) is 7.09. The van der Waals surface area contributed by atoms with Crippen molar-refractivity contribution in [2.45, 2.75) is 12.8 Å². The lowest BCUT2D eigenvalue weighted by molar-refractivity contribution is -0.382. The SMILES string of the molecule is O=[N+]([O-])c1c(NCC2CCSCC2)ccc2ncccc12. The third kappa shape index (κ3) is 3.10. The first-order valence-corrected chi connectivity index (χ1v) is 8.25. The molecule has 3 rings (SSSR count). The molecule has 21 heavy (non-hydrogen) atoms. The average molecular weight is 303 g/mol. The van der Waals surface area contributed by atoms with Gasteiger partial charge in [-0.05, 0) is 54.5 Å². The number of nitro groups is 1. The largest absolute Gasteiger partial charge is 0.379 e. The van der Waals surface area contributed by atoms with Gasteiger partial charge < -0.3 is 5.32 Å². The molecule has 1 saturated heterocycles. The summed E-state index contributed by atoms with van der Waals surface area (Å²) in [5.74, 6) is 2.99. The number of nitrogens with zero attached hydrogens (tertiary/aromatic N) is 2. The van der Waals surface area contributed by atoms with E-state index in [4.69, 9.17) is 0 Å². The van der Waals surface area contributed by atoms with Crippen LogP contribution in [0.25, 0.3) is 10.9 Å². The van der Waals surface area contributed by atoms with Crippen molar-refractivity contribution in [1.29, 1.82) is 0 Å². The van der Waals surface area contributed by atoms with Gasteiger partial charge in [0, 0.05) is 12.7 Å². The minimum absolute atomic E-state index is 0.130. The summed E-state index contributed by atoms with van der Waals surface area (Å²) < 4.78 is 0. The second-order valence-electron chi connectivity index (χ2n) is 5.23. The Bertz CT molecular complexity index is 656. The Morgan fingerprint density at radius 1 is 1.33 bits per heavy atom. The smallest absolute Gasteiger partial charge is 0.301 e. The Morgan fingerprint density at radius 2 is 2.14 bits per heavy atom. The lowest BCUT2D eigenvalue weighted by Gasteiger charge is -2.22. The first-order valence-electron chi connectivity index (χ1n) is 7.09. The number of thioether (sulfide) groups is 1. The molecule has 5 nitrogen and oxygen atoms in total. The van der Waals surface area contributed by atoms with Gasteiger partial charge in [0.05, 0.1) is 15.8 Å². The maximum absolute atomic E-state index is 11.4. The van der Waals surface area contributed by atoms with Crippen LogP contribution in [0.1, 0.15) is 12.8 Å². The number of nitrogens with one attached hydrogen (secondary N) is 1. The van der Waals surface area contributed by atoms with Gasteiger partial charge in [-0.15, -0.1) is 0 Å². The molecule has 0 aliphatic carbocycles. The molecule has 1 N–H and O–H groups in total. The number of benzene rings is 1. The van der Waals surface area contributed by atoms with Gasteiger partial charge in [-0.2, -0.15) is 11.8 Å². The molecule has 0 saturated carbocycles. The number of hydrogen-bond acceptors (Lipinski definition) is 5. The number of rotatable bonds is 4. The Kier molecular flexibility index (Phi) is 4.24. The second-order valence-corrected chi connectivity index (χ2v) is 6.45. The summed E-state index contributed by atoms with van der Waals surface area (Å²) in [4.78, 5) is 15.3. The predicted octanol–water partition coefficient (Wildman–Crippen LogP) is 3.70. The van der Waals surface area contributed by atoms with E-state index in [-0.39, 0.29) is 10.6 Å². The van der Waals surface area contributed by atoms with Crippen molar-refractivity contribution in [2.75, 3.05) is 23.4 Å². The zero-order valence-corrected chi connectivity index (χ0v) is 12.4. The van der Waals surface area contributed by atoms with E-state index in [1.807, 2.05) is 17.8 Å². The van der Waals surface area contributed by atoms with E-state index >= 15 is 0 Å². The van der Waals surface area contributed by atoms with Crippen LogP contribution < -0.4 is 5.32 Å². The summed E-state index contributed by atoms with van der Waals surface area (Å²) in [6.07, 6.45) is 4.01. The van der Waals surface area contributed by atoms with E-state index < -0.39 is 0 Å². The van der Waals surface area contributed by atoms with Crippen LogP contribution in [0, 0.1) is 16.0 Å². The molecule has 0 unspecified atom stereocenters. The van der Waals surface area contributed by atoms with Crippen LogP contribution in [0.3, 0.4) is 0 Å². The molecule has 2 heterocycles. The quantitative estimate of drug-likeness (QED) is 0.689. The van der Waals surface area contributed by atoms with Crippen molar-refractivity contribution in [1.82, 2.24) is 4.98 Å². The van der Waals surface area contributed by atoms with Gasteiger partial charge in [-0.1, -0.05) is 0 Å². The zero-order chi connectivity index (χ0) is 14.7. The molecule has 1 fully saturated rings. The van der Waals surface area contributed by atoms with Crippen molar-refractivity contribution < 1.29 is 4.92 Å². The van der Waals surface area contributed by atoms with E-state index in [9.17, 15) is 10.1 Å². The molecule has 1 aliphatic rings. The summed E-state index contributed by atoms with van der Waals surface area (Å²) >= 11 is 1.99. The lowest BCUT2D eigenvalue weighted by atomic mass is 10.0. The van der Waals surface area contributed by atoms with Crippen LogP contribution in [0.5, 0.6) is 0 Å². The number of nitro benzene ring substituents is 1. The van der Waals surface area contributed by atoms with Crippen LogP contribution in [0.2, 0.25) is 0 Å². The molecule has 1 aromatic heterocycles. The molecule has 0 bridgehead atoms. The fourth-order valence-electron chi connectivity index (χ4n) is 2.68. The highest BCUT2D eigenvalue weighted by Gasteiger charge is 2.20. The van der Waals surface area contributed by atoms with Crippen molar-refractivity contribution in [3.63, 3.8) is 0 Å². The Morgan fingerprint density at radius 3 is 2.90 bits per heavy atom. The van der Waals surface area contributed by atoms with E-state index in [2.05, 4.69) is 10.3 Å². The van der Waals surface area contributed by atoms with Crippen molar-refractivity contribution >= 4 is 34.0 Å². The maximum Gasteiger partial charge on any atom is 0.301 e. The summed E-state index contributed by atoms with van der Waals surface area (Å²) in [6.45, 7) is 0.799. The minimum atomic E-state index is -0.316. The first-order chi connectivity index (χ1) is 10.3. The maximum atomic E-state index is 11.4. The van der Waals surface area contributed by atoms with Gasteiger partial charge in [0.2, 0.25) is 0 Å². The average Bonchev–Trinajstić information content (AvgIpc) is 2.53. The van der Waals surface area contributed by atoms with Crippen LogP contribution in [0.15, 0.2) is 30.5 Å². The van der Waals surface area contributed by atoms with Crippen molar-refractivity contribution in [3.05, 3.63) is 40.6 Å². The minimum Gasteiger partial charge on any atom is -0.379 e. The van der Waals surface area contributed by atoms with E-state index in [0.717, 1.165) is 6.54 Å². The van der Waals surface area contributed by atoms with Gasteiger partial charge in [0.25, 0.3) is 0 Å². The van der Waals surface area contributed by atoms with Gasteiger partial charge in [-0.25, -0.2) is 0 Å². The number of pyridine rings is 1. The topological polar surface area (TPSA) is 68.1 Å². The van der Waals surface area contributed by atoms with Crippen LogP contribution in [0.4, 0.5) is 11.4 Å². The Hall–Kier alpha value is -1.82. The van der Waals surface area contributed by atoms with Gasteiger partial charge in [-0.3, -0.25) is 15.1 Å². The number of aromatic nitrogens is 1. The highest BCUT2D eigenvalue weighted by molar-refractivity contribution is 7.99. The fourth-order valence-corrected chi connectivity index (χ4v) is 3.89. The van der Waals surface area contributed by atoms with Crippen molar-refractivity contribution in [3.8, 4) is 0 Å². The van der Waals surface area contributed by atoms with Gasteiger partial charge in [0.15, 0.2) is 0 Å². The van der Waals surface area contributed by atoms with Crippen LogP contribution >= 0.6 is 11.8 Å². The summed E-state index contributed by atoms with van der Waals surface area (Å²) in [5, 5.41) is 15.3. The predicted molar refractivity (Wildman–Crippen MR) is 86.9 cm³/mol. The Labute approximate surface area is 127 Å². The molecule has 110 valence electrons.